The highest BCUT2D eigenvalue weighted by Crippen LogP contribution is 2.45. The molecule has 0 unspecified atom stereocenters. The summed E-state index contributed by atoms with van der Waals surface area (Å²) in [4.78, 5) is 0. The Bertz CT molecular complexity index is 532. The van der Waals surface area contributed by atoms with E-state index in [0.29, 0.717) is 0 Å². The lowest BCUT2D eigenvalue weighted by Gasteiger charge is -2.03. The molecule has 0 bridgehead atoms. The third kappa shape index (κ3) is 6.21. The second-order valence-electron chi connectivity index (χ2n) is 4.55. The van der Waals surface area contributed by atoms with Crippen molar-refractivity contribution in [3.05, 3.63) is 83.9 Å². The fourth-order valence-corrected chi connectivity index (χ4v) is 7.59. The van der Waals surface area contributed by atoms with Crippen molar-refractivity contribution in [1.29, 1.82) is 0 Å². The Balaban J connectivity index is 1.60. The molecular formula is C18H18S4. The van der Waals surface area contributed by atoms with Crippen LogP contribution in [-0.4, -0.2) is 0 Å². The third-order valence-corrected chi connectivity index (χ3v) is 9.34. The lowest BCUT2D eigenvalue weighted by molar-refractivity contribution is 1.42. The van der Waals surface area contributed by atoms with Crippen LogP contribution in [0.25, 0.3) is 12.2 Å². The van der Waals surface area contributed by atoms with Crippen molar-refractivity contribution in [3.63, 3.8) is 0 Å². The lowest BCUT2D eigenvalue weighted by atomic mass is 10.1. The summed E-state index contributed by atoms with van der Waals surface area (Å²) in [5.41, 5.74) is 5.06. The van der Waals surface area contributed by atoms with Gasteiger partial charge in [-0.1, -0.05) is 95.4 Å². The number of benzene rings is 2. The van der Waals surface area contributed by atoms with Crippen molar-refractivity contribution in [1.82, 2.24) is 0 Å². The molecule has 4 heteroatoms. The Kier molecular flexibility index (Phi) is 8.16. The van der Waals surface area contributed by atoms with Crippen LogP contribution in [0.5, 0.6) is 0 Å². The Labute approximate surface area is 148 Å². The van der Waals surface area contributed by atoms with Gasteiger partial charge in [-0.2, -0.15) is 0 Å². The third-order valence-electron chi connectivity index (χ3n) is 3.01. The van der Waals surface area contributed by atoms with Crippen LogP contribution in [0.2, 0.25) is 0 Å². The minimum absolute atomic E-state index is 1.03. The van der Waals surface area contributed by atoms with E-state index in [9.17, 15) is 0 Å². The largest absolute Gasteiger partial charge is 0.0985 e. The number of hydrogen-bond donors (Lipinski definition) is 0. The van der Waals surface area contributed by atoms with Gasteiger partial charge in [0.2, 0.25) is 0 Å². The minimum atomic E-state index is 1.03. The normalized spacial score (nSPS) is 10.4. The Morgan fingerprint density at radius 2 is 1.00 bits per heavy atom. The highest BCUT2D eigenvalue weighted by atomic mass is 33.7. The summed E-state index contributed by atoms with van der Waals surface area (Å²) in [6, 6.07) is 17.1. The Morgan fingerprint density at radius 3 is 1.32 bits per heavy atom. The standard InChI is InChI=1S/C18H18S4/c1-3-15-5-9-17(10-6-15)13-19-21-22-20-14-18-11-7-16(4-2)8-12-18/h3-12H,1-2,13-14H2. The van der Waals surface area contributed by atoms with E-state index in [0.717, 1.165) is 11.5 Å². The summed E-state index contributed by atoms with van der Waals surface area (Å²) < 4.78 is 0. The molecule has 0 aliphatic rings. The molecule has 114 valence electrons. The predicted octanol–water partition coefficient (Wildman–Crippen LogP) is 7.35. The van der Waals surface area contributed by atoms with Gasteiger partial charge in [0.1, 0.15) is 0 Å². The second-order valence-corrected chi connectivity index (χ2v) is 10.6. The molecule has 2 rings (SSSR count). The van der Waals surface area contributed by atoms with Crippen LogP contribution in [-0.2, 0) is 11.5 Å². The molecule has 2 aromatic carbocycles. The molecule has 0 atom stereocenters. The van der Waals surface area contributed by atoms with Crippen LogP contribution in [0, 0.1) is 0 Å². The summed E-state index contributed by atoms with van der Waals surface area (Å²) in [6.45, 7) is 7.54. The van der Waals surface area contributed by atoms with Crippen LogP contribution in [0.4, 0.5) is 0 Å². The summed E-state index contributed by atoms with van der Waals surface area (Å²) in [7, 11) is 7.45. The monoisotopic (exact) mass is 362 g/mol. The van der Waals surface area contributed by atoms with Gasteiger partial charge < -0.3 is 0 Å². The zero-order chi connectivity index (χ0) is 15.6. The summed E-state index contributed by atoms with van der Waals surface area (Å²) in [5, 5.41) is 0. The summed E-state index contributed by atoms with van der Waals surface area (Å²) >= 11 is 0. The van der Waals surface area contributed by atoms with Gasteiger partial charge in [0.05, 0.1) is 0 Å². The molecule has 0 saturated heterocycles. The van der Waals surface area contributed by atoms with Gasteiger partial charge in [0.25, 0.3) is 0 Å². The van der Waals surface area contributed by atoms with Crippen molar-refractivity contribution < 1.29 is 0 Å². The molecule has 0 aliphatic heterocycles. The molecule has 0 radical (unpaired) electrons. The molecule has 0 nitrogen and oxygen atoms in total. The smallest absolute Gasteiger partial charge is 0.0297 e. The maximum atomic E-state index is 3.77. The minimum Gasteiger partial charge on any atom is -0.0985 e. The maximum Gasteiger partial charge on any atom is 0.0297 e. The van der Waals surface area contributed by atoms with Gasteiger partial charge in [0.15, 0.2) is 0 Å². The number of rotatable bonds is 9. The van der Waals surface area contributed by atoms with E-state index >= 15 is 0 Å². The second kappa shape index (κ2) is 10.2. The first-order valence-corrected chi connectivity index (χ1v) is 12.0. The van der Waals surface area contributed by atoms with E-state index in [2.05, 4.69) is 61.7 Å². The van der Waals surface area contributed by atoms with Gasteiger partial charge in [0, 0.05) is 11.5 Å². The summed E-state index contributed by atoms with van der Waals surface area (Å²) in [5.74, 6) is 2.06. The Hall–Kier alpha value is -0.680. The summed E-state index contributed by atoms with van der Waals surface area (Å²) in [6.07, 6.45) is 3.75. The first kappa shape index (κ1) is 17.7. The average molecular weight is 363 g/mol. The molecule has 0 aliphatic carbocycles. The molecule has 0 aromatic heterocycles. The van der Waals surface area contributed by atoms with Gasteiger partial charge in [-0.3, -0.25) is 0 Å². The lowest BCUT2D eigenvalue weighted by Crippen LogP contribution is -1.79. The van der Waals surface area contributed by atoms with Crippen molar-refractivity contribution in [2.24, 2.45) is 0 Å². The fraction of sp³-hybridized carbons (Fsp3) is 0.111. The maximum absolute atomic E-state index is 3.77. The first-order valence-electron chi connectivity index (χ1n) is 6.82. The SMILES string of the molecule is C=Cc1ccc(CSSSSCc2ccc(C=C)cc2)cc1. The molecule has 0 spiro atoms. The van der Waals surface area contributed by atoms with Crippen LogP contribution in [0.1, 0.15) is 22.3 Å². The van der Waals surface area contributed by atoms with Crippen LogP contribution in [0.3, 0.4) is 0 Å². The topological polar surface area (TPSA) is 0 Å². The van der Waals surface area contributed by atoms with Crippen molar-refractivity contribution >= 4 is 53.4 Å². The average Bonchev–Trinajstić information content (AvgIpc) is 2.59. The van der Waals surface area contributed by atoms with Gasteiger partial charge >= 0.3 is 0 Å². The van der Waals surface area contributed by atoms with Crippen LogP contribution in [0.15, 0.2) is 61.7 Å². The van der Waals surface area contributed by atoms with E-state index in [1.54, 1.807) is 0 Å². The van der Waals surface area contributed by atoms with Gasteiger partial charge in [-0.05, 0) is 41.9 Å². The molecule has 0 amide bonds. The van der Waals surface area contributed by atoms with E-state index in [-0.39, 0.29) is 0 Å². The predicted molar refractivity (Wildman–Crippen MR) is 111 cm³/mol. The van der Waals surface area contributed by atoms with E-state index < -0.39 is 0 Å². The molecule has 0 heterocycles. The van der Waals surface area contributed by atoms with E-state index in [1.807, 2.05) is 53.4 Å². The zero-order valence-corrected chi connectivity index (χ0v) is 15.5. The molecule has 0 saturated carbocycles. The highest BCUT2D eigenvalue weighted by Gasteiger charge is 1.98. The van der Waals surface area contributed by atoms with Crippen molar-refractivity contribution in [2.45, 2.75) is 11.5 Å². The molecule has 2 aromatic rings. The molecular weight excluding hydrogens is 344 g/mol. The van der Waals surface area contributed by atoms with Gasteiger partial charge in [-0.15, -0.1) is 0 Å². The highest BCUT2D eigenvalue weighted by molar-refractivity contribution is 9.25. The molecule has 0 fully saturated rings. The van der Waals surface area contributed by atoms with Crippen molar-refractivity contribution in [2.75, 3.05) is 0 Å². The van der Waals surface area contributed by atoms with E-state index in [1.165, 1.54) is 22.3 Å². The van der Waals surface area contributed by atoms with Crippen LogP contribution >= 0.6 is 41.2 Å². The van der Waals surface area contributed by atoms with Crippen molar-refractivity contribution in [3.8, 4) is 0 Å². The quantitative estimate of drug-likeness (QED) is 0.337. The van der Waals surface area contributed by atoms with E-state index in [4.69, 9.17) is 0 Å². The Morgan fingerprint density at radius 1 is 0.636 bits per heavy atom. The fourth-order valence-electron chi connectivity index (χ4n) is 1.72. The van der Waals surface area contributed by atoms with Gasteiger partial charge in [-0.25, -0.2) is 0 Å². The molecule has 22 heavy (non-hydrogen) atoms. The first-order chi connectivity index (χ1) is 10.8. The van der Waals surface area contributed by atoms with Crippen LogP contribution < -0.4 is 0 Å². The molecule has 0 N–H and O–H groups in total. The zero-order valence-electron chi connectivity index (χ0n) is 12.2. The number of hydrogen-bond acceptors (Lipinski definition) is 4.